The van der Waals surface area contributed by atoms with E-state index in [0.29, 0.717) is 34.9 Å². The average molecular weight is 302 g/mol. The third kappa shape index (κ3) is 3.91. The summed E-state index contributed by atoms with van der Waals surface area (Å²) >= 11 is 11.8. The third-order valence-corrected chi connectivity index (χ3v) is 3.14. The maximum atomic E-state index is 5.94. The summed E-state index contributed by atoms with van der Waals surface area (Å²) in [6.45, 7) is 1.85. The first-order valence-corrected chi connectivity index (χ1v) is 6.44. The van der Waals surface area contributed by atoms with Crippen LogP contribution in [0, 0.1) is 0 Å². The van der Waals surface area contributed by atoms with Crippen molar-refractivity contribution in [2.24, 2.45) is 0 Å². The van der Waals surface area contributed by atoms with Crippen LogP contribution >= 0.6 is 23.2 Å². The Morgan fingerprint density at radius 2 is 2.16 bits per heavy atom. The molecule has 2 aromatic rings. The first-order chi connectivity index (χ1) is 9.20. The van der Waals surface area contributed by atoms with Gasteiger partial charge in [-0.25, -0.2) is 0 Å². The van der Waals surface area contributed by atoms with Crippen LogP contribution in [0.2, 0.25) is 10.0 Å². The summed E-state index contributed by atoms with van der Waals surface area (Å²) in [5.41, 5.74) is 0.765. The fourth-order valence-electron chi connectivity index (χ4n) is 1.45. The molecule has 0 radical (unpaired) electrons. The van der Waals surface area contributed by atoms with Crippen LogP contribution in [-0.4, -0.2) is 30.4 Å². The molecule has 1 aromatic carbocycles. The quantitative estimate of drug-likeness (QED) is 0.831. The van der Waals surface area contributed by atoms with Crippen molar-refractivity contribution in [3.8, 4) is 11.4 Å². The molecular formula is C12H13Cl2N3O2. The highest BCUT2D eigenvalue weighted by Gasteiger charge is 2.09. The molecular weight excluding hydrogens is 289 g/mol. The Hall–Kier alpha value is -1.14. The number of benzene rings is 1. The number of rotatable bonds is 6. The molecule has 5 nitrogen and oxygen atoms in total. The predicted octanol–water partition coefficient (Wildman–Crippen LogP) is 2.78. The minimum Gasteiger partial charge on any atom is -0.383 e. The van der Waals surface area contributed by atoms with Gasteiger partial charge in [-0.15, -0.1) is 0 Å². The molecule has 0 aliphatic heterocycles. The summed E-state index contributed by atoms with van der Waals surface area (Å²) in [5.74, 6) is 0.999. The van der Waals surface area contributed by atoms with Gasteiger partial charge in [0.05, 0.1) is 23.2 Å². The van der Waals surface area contributed by atoms with Gasteiger partial charge >= 0.3 is 0 Å². The monoisotopic (exact) mass is 301 g/mol. The van der Waals surface area contributed by atoms with E-state index in [0.717, 1.165) is 12.1 Å². The number of methoxy groups -OCH3 is 1. The van der Waals surface area contributed by atoms with E-state index in [9.17, 15) is 0 Å². The SMILES string of the molecule is COCCNCc1nc(-c2ccc(Cl)c(Cl)c2)no1. The van der Waals surface area contributed by atoms with Crippen LogP contribution in [0.15, 0.2) is 22.7 Å². The lowest BCUT2D eigenvalue weighted by molar-refractivity contribution is 0.197. The van der Waals surface area contributed by atoms with Gasteiger partial charge in [0.2, 0.25) is 11.7 Å². The van der Waals surface area contributed by atoms with E-state index in [-0.39, 0.29) is 0 Å². The van der Waals surface area contributed by atoms with Crippen molar-refractivity contribution in [3.63, 3.8) is 0 Å². The van der Waals surface area contributed by atoms with Crippen LogP contribution in [0.5, 0.6) is 0 Å². The van der Waals surface area contributed by atoms with Crippen molar-refractivity contribution in [2.75, 3.05) is 20.3 Å². The molecule has 0 atom stereocenters. The molecule has 7 heteroatoms. The van der Waals surface area contributed by atoms with E-state index >= 15 is 0 Å². The van der Waals surface area contributed by atoms with E-state index in [1.165, 1.54) is 0 Å². The van der Waals surface area contributed by atoms with Crippen LogP contribution in [0.1, 0.15) is 5.89 Å². The molecule has 0 bridgehead atoms. The maximum absolute atomic E-state index is 5.94. The number of nitrogens with one attached hydrogen (secondary N) is 1. The van der Waals surface area contributed by atoms with Gasteiger partial charge in [0, 0.05) is 19.2 Å². The van der Waals surface area contributed by atoms with Crippen molar-refractivity contribution >= 4 is 23.2 Å². The van der Waals surface area contributed by atoms with Gasteiger partial charge in [-0.2, -0.15) is 4.98 Å². The summed E-state index contributed by atoms with van der Waals surface area (Å²) in [6, 6.07) is 5.20. The first-order valence-electron chi connectivity index (χ1n) is 5.68. The average Bonchev–Trinajstić information content (AvgIpc) is 2.87. The molecule has 1 N–H and O–H groups in total. The van der Waals surface area contributed by atoms with E-state index in [4.69, 9.17) is 32.5 Å². The Balaban J connectivity index is 2.01. The molecule has 2 rings (SSSR count). The summed E-state index contributed by atoms with van der Waals surface area (Å²) < 4.78 is 10.1. The van der Waals surface area contributed by atoms with Gasteiger partial charge in [-0.3, -0.25) is 0 Å². The van der Waals surface area contributed by atoms with Crippen molar-refractivity contribution < 1.29 is 9.26 Å². The largest absolute Gasteiger partial charge is 0.383 e. The summed E-state index contributed by atoms with van der Waals surface area (Å²) in [4.78, 5) is 4.27. The normalized spacial score (nSPS) is 10.9. The van der Waals surface area contributed by atoms with E-state index < -0.39 is 0 Å². The van der Waals surface area contributed by atoms with Crippen LogP contribution < -0.4 is 5.32 Å². The second-order valence-electron chi connectivity index (χ2n) is 3.81. The van der Waals surface area contributed by atoms with Gasteiger partial charge in [0.25, 0.3) is 0 Å². The fourth-order valence-corrected chi connectivity index (χ4v) is 1.75. The molecule has 0 spiro atoms. The third-order valence-electron chi connectivity index (χ3n) is 2.41. The number of hydrogen-bond donors (Lipinski definition) is 1. The first kappa shape index (κ1) is 14.3. The lowest BCUT2D eigenvalue weighted by Crippen LogP contribution is -2.18. The van der Waals surface area contributed by atoms with E-state index in [1.807, 2.05) is 0 Å². The Morgan fingerprint density at radius 3 is 2.89 bits per heavy atom. The number of halogens is 2. The molecule has 0 fully saturated rings. The molecule has 1 aromatic heterocycles. The summed E-state index contributed by atoms with van der Waals surface area (Å²) in [5, 5.41) is 7.97. The topological polar surface area (TPSA) is 60.2 Å². The van der Waals surface area contributed by atoms with Crippen LogP contribution in [0.4, 0.5) is 0 Å². The lowest BCUT2D eigenvalue weighted by Gasteiger charge is -1.99. The lowest BCUT2D eigenvalue weighted by atomic mass is 10.2. The van der Waals surface area contributed by atoms with Gasteiger partial charge in [-0.1, -0.05) is 28.4 Å². The standard InChI is InChI=1S/C12H13Cl2N3O2/c1-18-5-4-15-7-11-16-12(17-19-11)8-2-3-9(13)10(14)6-8/h2-3,6,15H,4-5,7H2,1H3. The van der Waals surface area contributed by atoms with Gasteiger partial charge in [0.15, 0.2) is 0 Å². The van der Waals surface area contributed by atoms with Crippen molar-refractivity contribution in [1.29, 1.82) is 0 Å². The zero-order valence-corrected chi connectivity index (χ0v) is 11.8. The van der Waals surface area contributed by atoms with Gasteiger partial charge < -0.3 is 14.6 Å². The highest BCUT2D eigenvalue weighted by Crippen LogP contribution is 2.26. The predicted molar refractivity (Wildman–Crippen MR) is 73.3 cm³/mol. The van der Waals surface area contributed by atoms with Crippen LogP contribution in [-0.2, 0) is 11.3 Å². The van der Waals surface area contributed by atoms with Gasteiger partial charge in [0.1, 0.15) is 0 Å². The Kier molecular flexibility index (Phi) is 5.15. The molecule has 0 saturated carbocycles. The molecule has 0 aliphatic rings. The molecule has 0 aliphatic carbocycles. The van der Waals surface area contributed by atoms with Gasteiger partial charge in [-0.05, 0) is 18.2 Å². The molecule has 1 heterocycles. The molecule has 0 saturated heterocycles. The molecule has 0 amide bonds. The highest BCUT2D eigenvalue weighted by atomic mass is 35.5. The number of nitrogens with zero attached hydrogens (tertiary/aromatic N) is 2. The second-order valence-corrected chi connectivity index (χ2v) is 4.62. The van der Waals surface area contributed by atoms with Crippen molar-refractivity contribution in [1.82, 2.24) is 15.5 Å². The van der Waals surface area contributed by atoms with Crippen LogP contribution in [0.25, 0.3) is 11.4 Å². The Labute approximate surface area is 120 Å². The number of hydrogen-bond acceptors (Lipinski definition) is 5. The zero-order chi connectivity index (χ0) is 13.7. The van der Waals surface area contributed by atoms with Crippen molar-refractivity contribution in [3.05, 3.63) is 34.1 Å². The molecule has 0 unspecified atom stereocenters. The summed E-state index contributed by atoms with van der Waals surface area (Å²) in [7, 11) is 1.65. The van der Waals surface area contributed by atoms with Crippen LogP contribution in [0.3, 0.4) is 0 Å². The molecule has 19 heavy (non-hydrogen) atoms. The van der Waals surface area contributed by atoms with E-state index in [2.05, 4.69) is 15.5 Å². The Morgan fingerprint density at radius 1 is 1.32 bits per heavy atom. The summed E-state index contributed by atoms with van der Waals surface area (Å²) in [6.07, 6.45) is 0. The van der Waals surface area contributed by atoms with Crippen molar-refractivity contribution in [2.45, 2.75) is 6.54 Å². The Bertz CT molecular complexity index is 546. The zero-order valence-electron chi connectivity index (χ0n) is 10.3. The maximum Gasteiger partial charge on any atom is 0.240 e. The minimum absolute atomic E-state index is 0.462. The fraction of sp³-hybridized carbons (Fsp3) is 0.333. The highest BCUT2D eigenvalue weighted by molar-refractivity contribution is 6.42. The minimum atomic E-state index is 0.462. The molecule has 102 valence electrons. The number of ether oxygens (including phenoxy) is 1. The number of aromatic nitrogens is 2. The second kappa shape index (κ2) is 6.86. The van der Waals surface area contributed by atoms with E-state index in [1.54, 1.807) is 25.3 Å². The smallest absolute Gasteiger partial charge is 0.240 e.